The molecule has 10 nitrogen and oxygen atoms in total. The molecule has 31 heavy (non-hydrogen) atoms. The number of thiol groups is 1. The van der Waals surface area contributed by atoms with Gasteiger partial charge in [-0.05, 0) is 5.56 Å². The molecule has 11 heteroatoms. The highest BCUT2D eigenvalue weighted by Crippen LogP contribution is 2.26. The van der Waals surface area contributed by atoms with Gasteiger partial charge in [-0.1, -0.05) is 0 Å². The van der Waals surface area contributed by atoms with Crippen molar-refractivity contribution in [2.75, 3.05) is 79.2 Å². The van der Waals surface area contributed by atoms with Gasteiger partial charge in [-0.15, -0.1) is 12.6 Å². The van der Waals surface area contributed by atoms with Crippen LogP contribution >= 0.6 is 12.6 Å². The molecule has 0 amide bonds. The normalized spacial score (nSPS) is 19.3. The summed E-state index contributed by atoms with van der Waals surface area (Å²) in [5.41, 5.74) is 0.662. The summed E-state index contributed by atoms with van der Waals surface area (Å²) in [5, 5.41) is 11.2. The van der Waals surface area contributed by atoms with E-state index in [1.54, 1.807) is 0 Å². The number of nitro benzene ring substituents is 1. The Balaban J connectivity index is 1.99. The Morgan fingerprint density at radius 1 is 0.871 bits per heavy atom. The second kappa shape index (κ2) is 15.2. The van der Waals surface area contributed by atoms with E-state index in [9.17, 15) is 14.9 Å². The maximum Gasteiger partial charge on any atom is 0.270 e. The average molecular weight is 459 g/mol. The summed E-state index contributed by atoms with van der Waals surface area (Å²) in [6.45, 7) is 6.30. The van der Waals surface area contributed by atoms with Crippen molar-refractivity contribution in [2.24, 2.45) is 0 Å². The van der Waals surface area contributed by atoms with Crippen LogP contribution < -0.4 is 0 Å². The van der Waals surface area contributed by atoms with Gasteiger partial charge in [-0.3, -0.25) is 19.8 Å². The van der Waals surface area contributed by atoms with E-state index in [4.69, 9.17) is 23.7 Å². The molecule has 174 valence electrons. The van der Waals surface area contributed by atoms with Crippen molar-refractivity contribution in [3.05, 3.63) is 33.4 Å². The fourth-order valence-electron chi connectivity index (χ4n) is 2.90. The Kier molecular flexibility index (Phi) is 12.6. The first-order valence-corrected chi connectivity index (χ1v) is 10.6. The number of benzene rings is 1. The molecular weight excluding hydrogens is 428 g/mol. The third kappa shape index (κ3) is 10.0. The zero-order valence-corrected chi connectivity index (χ0v) is 18.4. The SMILES string of the molecule is O=Cc1cc([N+](=O)[O-])cc(CN2CCOCCOCCOCCOCCOCC2)c1S. The number of non-ortho nitro benzene ring substituents is 1. The smallest absolute Gasteiger partial charge is 0.270 e. The van der Waals surface area contributed by atoms with Crippen LogP contribution in [0.1, 0.15) is 15.9 Å². The third-order valence-corrected chi connectivity index (χ3v) is 5.07. The molecule has 0 saturated carbocycles. The molecule has 1 aromatic carbocycles. The molecule has 2 rings (SSSR count). The summed E-state index contributed by atoms with van der Waals surface area (Å²) in [6.07, 6.45) is 0.579. The Labute approximate surface area is 187 Å². The largest absolute Gasteiger partial charge is 0.378 e. The molecule has 1 aliphatic heterocycles. The van der Waals surface area contributed by atoms with E-state index in [-0.39, 0.29) is 11.3 Å². The van der Waals surface area contributed by atoms with E-state index in [2.05, 4.69) is 12.6 Å². The molecule has 1 saturated heterocycles. The van der Waals surface area contributed by atoms with Gasteiger partial charge in [-0.25, -0.2) is 0 Å². The standard InChI is InChI=1S/C20H30N2O8S/c23-16-18-14-19(22(24)25)13-17(20(18)31)15-21-1-3-26-5-7-28-9-11-30-12-10-29-8-6-27-4-2-21/h13-14,16,31H,1-12,15H2. The fourth-order valence-corrected chi connectivity index (χ4v) is 3.15. The lowest BCUT2D eigenvalue weighted by atomic mass is 10.1. The zero-order chi connectivity index (χ0) is 22.3. The van der Waals surface area contributed by atoms with Crippen molar-refractivity contribution in [3.8, 4) is 0 Å². The molecule has 1 heterocycles. The van der Waals surface area contributed by atoms with Gasteiger partial charge in [0.05, 0.1) is 71.0 Å². The summed E-state index contributed by atoms with van der Waals surface area (Å²) in [5.74, 6) is 0. The first-order valence-electron chi connectivity index (χ1n) is 10.2. The molecular formula is C20H30N2O8S. The van der Waals surface area contributed by atoms with E-state index in [1.165, 1.54) is 12.1 Å². The van der Waals surface area contributed by atoms with E-state index >= 15 is 0 Å². The number of rotatable bonds is 4. The van der Waals surface area contributed by atoms with Gasteiger partial charge in [0.2, 0.25) is 0 Å². The minimum absolute atomic E-state index is 0.137. The number of hydrogen-bond acceptors (Lipinski definition) is 10. The van der Waals surface area contributed by atoms with Crippen LogP contribution in [-0.4, -0.2) is 95.3 Å². The summed E-state index contributed by atoms with van der Waals surface area (Å²) in [4.78, 5) is 24.5. The van der Waals surface area contributed by atoms with E-state index in [0.29, 0.717) is 102 Å². The van der Waals surface area contributed by atoms with E-state index < -0.39 is 4.92 Å². The minimum atomic E-state index is -0.514. The zero-order valence-electron chi connectivity index (χ0n) is 17.5. The van der Waals surface area contributed by atoms with Crippen LogP contribution in [0.4, 0.5) is 5.69 Å². The van der Waals surface area contributed by atoms with Crippen LogP contribution in [0.25, 0.3) is 0 Å². The average Bonchev–Trinajstić information content (AvgIpc) is 2.76. The van der Waals surface area contributed by atoms with Crippen LogP contribution in [0.15, 0.2) is 17.0 Å². The molecule has 0 spiro atoms. The second-order valence-electron chi connectivity index (χ2n) is 6.76. The number of nitrogens with zero attached hydrogens (tertiary/aromatic N) is 2. The molecule has 1 aromatic rings. The number of hydrogen-bond donors (Lipinski definition) is 1. The first kappa shape index (κ1) is 25.7. The van der Waals surface area contributed by atoms with Crippen molar-refractivity contribution < 1.29 is 33.4 Å². The fraction of sp³-hybridized carbons (Fsp3) is 0.650. The molecule has 0 unspecified atom stereocenters. The van der Waals surface area contributed by atoms with Crippen molar-refractivity contribution in [2.45, 2.75) is 11.4 Å². The minimum Gasteiger partial charge on any atom is -0.378 e. The van der Waals surface area contributed by atoms with Crippen LogP contribution in [0.2, 0.25) is 0 Å². The Morgan fingerprint density at radius 2 is 1.32 bits per heavy atom. The second-order valence-corrected chi connectivity index (χ2v) is 7.20. The Bertz CT molecular complexity index is 673. The highest BCUT2D eigenvalue weighted by Gasteiger charge is 2.17. The monoisotopic (exact) mass is 458 g/mol. The van der Waals surface area contributed by atoms with Gasteiger partial charge in [0.15, 0.2) is 6.29 Å². The number of carbonyl (C=O) groups excluding carboxylic acids is 1. The van der Waals surface area contributed by atoms with Gasteiger partial charge in [0.25, 0.3) is 5.69 Å². The van der Waals surface area contributed by atoms with E-state index in [1.807, 2.05) is 4.90 Å². The van der Waals surface area contributed by atoms with Gasteiger partial charge >= 0.3 is 0 Å². The lowest BCUT2D eigenvalue weighted by molar-refractivity contribution is -0.385. The van der Waals surface area contributed by atoms with Crippen LogP contribution in [-0.2, 0) is 30.2 Å². The summed E-state index contributed by atoms with van der Waals surface area (Å²) in [6, 6.07) is 2.68. The van der Waals surface area contributed by atoms with Gasteiger partial charge in [0.1, 0.15) is 0 Å². The lowest BCUT2D eigenvalue weighted by Gasteiger charge is -2.23. The highest BCUT2D eigenvalue weighted by molar-refractivity contribution is 7.80. The van der Waals surface area contributed by atoms with Gasteiger partial charge in [0, 0.05) is 42.2 Å². The molecule has 0 aliphatic carbocycles. The Hall–Kier alpha value is -1.60. The molecule has 0 bridgehead atoms. The van der Waals surface area contributed by atoms with Crippen molar-refractivity contribution in [1.82, 2.24) is 4.90 Å². The molecule has 1 fully saturated rings. The predicted octanol–water partition coefficient (Wildman–Crippen LogP) is 1.59. The lowest BCUT2D eigenvalue weighted by Crippen LogP contribution is -2.31. The number of ether oxygens (including phenoxy) is 5. The predicted molar refractivity (Wildman–Crippen MR) is 115 cm³/mol. The number of aldehydes is 1. The van der Waals surface area contributed by atoms with Gasteiger partial charge in [-0.2, -0.15) is 0 Å². The number of nitro groups is 1. The van der Waals surface area contributed by atoms with Crippen LogP contribution in [0, 0.1) is 10.1 Å². The van der Waals surface area contributed by atoms with E-state index in [0.717, 1.165) is 0 Å². The topological polar surface area (TPSA) is 110 Å². The molecule has 0 radical (unpaired) electrons. The summed E-state index contributed by atoms with van der Waals surface area (Å²) >= 11 is 4.41. The molecule has 0 atom stereocenters. The summed E-state index contributed by atoms with van der Waals surface area (Å²) < 4.78 is 27.5. The maximum atomic E-state index is 11.3. The highest BCUT2D eigenvalue weighted by atomic mass is 32.1. The molecule has 1 aliphatic rings. The number of carbonyl (C=O) groups is 1. The molecule has 0 aromatic heterocycles. The van der Waals surface area contributed by atoms with Gasteiger partial charge < -0.3 is 23.7 Å². The summed E-state index contributed by atoms with van der Waals surface area (Å²) in [7, 11) is 0. The van der Waals surface area contributed by atoms with Crippen LogP contribution in [0.5, 0.6) is 0 Å². The molecule has 0 N–H and O–H groups in total. The van der Waals surface area contributed by atoms with Crippen molar-refractivity contribution in [1.29, 1.82) is 0 Å². The quantitative estimate of drug-likeness (QED) is 0.311. The Morgan fingerprint density at radius 3 is 1.74 bits per heavy atom. The first-order chi connectivity index (χ1) is 15.1. The van der Waals surface area contributed by atoms with Crippen molar-refractivity contribution in [3.63, 3.8) is 0 Å². The van der Waals surface area contributed by atoms with Crippen molar-refractivity contribution >= 4 is 24.6 Å². The van der Waals surface area contributed by atoms with Crippen LogP contribution in [0.3, 0.4) is 0 Å². The maximum absolute atomic E-state index is 11.3. The third-order valence-electron chi connectivity index (χ3n) is 4.53.